The molecular formula is C9H19O3Si. The van der Waals surface area contributed by atoms with Gasteiger partial charge < -0.3 is 13.3 Å². The van der Waals surface area contributed by atoms with Gasteiger partial charge in [0.05, 0.1) is 0 Å². The van der Waals surface area contributed by atoms with Crippen LogP contribution in [0.15, 0.2) is 0 Å². The summed E-state index contributed by atoms with van der Waals surface area (Å²) < 4.78 is 16.4. The SMILES string of the molecule is CO[Si](OC)(OC)C1CC[CH]CC1. The van der Waals surface area contributed by atoms with Gasteiger partial charge in [-0.25, -0.2) is 0 Å². The average Bonchev–Trinajstić information content (AvgIpc) is 2.23. The summed E-state index contributed by atoms with van der Waals surface area (Å²) in [5, 5.41) is 0. The van der Waals surface area contributed by atoms with Gasteiger partial charge in [0.2, 0.25) is 0 Å². The van der Waals surface area contributed by atoms with Crippen LogP contribution in [0.2, 0.25) is 5.54 Å². The second kappa shape index (κ2) is 5.10. The van der Waals surface area contributed by atoms with E-state index < -0.39 is 8.80 Å². The first-order valence-corrected chi connectivity index (χ1v) is 6.56. The smallest absolute Gasteiger partial charge is 0.377 e. The molecule has 0 unspecified atom stereocenters. The van der Waals surface area contributed by atoms with Gasteiger partial charge in [-0.3, -0.25) is 0 Å². The van der Waals surface area contributed by atoms with E-state index in [2.05, 4.69) is 6.42 Å². The van der Waals surface area contributed by atoms with E-state index in [1.165, 1.54) is 0 Å². The molecule has 0 heterocycles. The topological polar surface area (TPSA) is 27.7 Å². The predicted molar refractivity (Wildman–Crippen MR) is 53.3 cm³/mol. The standard InChI is InChI=1S/C9H19O3Si/c1-10-13(11-2,12-3)9-7-5-4-6-8-9/h4,9H,5-8H2,1-3H3. The molecule has 1 radical (unpaired) electrons. The Hall–Kier alpha value is 0.0969. The van der Waals surface area contributed by atoms with Crippen molar-refractivity contribution in [3.8, 4) is 0 Å². The van der Waals surface area contributed by atoms with Crippen LogP contribution in [0, 0.1) is 6.42 Å². The van der Waals surface area contributed by atoms with Crippen molar-refractivity contribution in [2.45, 2.75) is 31.2 Å². The average molecular weight is 203 g/mol. The van der Waals surface area contributed by atoms with Crippen molar-refractivity contribution in [3.05, 3.63) is 6.42 Å². The van der Waals surface area contributed by atoms with E-state index >= 15 is 0 Å². The van der Waals surface area contributed by atoms with Crippen molar-refractivity contribution < 1.29 is 13.3 Å². The lowest BCUT2D eigenvalue weighted by Gasteiger charge is -2.34. The third-order valence-corrected chi connectivity index (χ3v) is 6.08. The third-order valence-electron chi connectivity index (χ3n) is 2.79. The molecule has 77 valence electrons. The Kier molecular flexibility index (Phi) is 4.38. The lowest BCUT2D eigenvalue weighted by molar-refractivity contribution is 0.106. The van der Waals surface area contributed by atoms with E-state index in [1.807, 2.05) is 0 Å². The van der Waals surface area contributed by atoms with Gasteiger partial charge in [-0.15, -0.1) is 0 Å². The Labute approximate surface area is 81.7 Å². The van der Waals surface area contributed by atoms with Crippen molar-refractivity contribution in [1.82, 2.24) is 0 Å². The molecule has 13 heavy (non-hydrogen) atoms. The molecule has 0 bridgehead atoms. The first-order chi connectivity index (χ1) is 6.29. The molecule has 1 saturated carbocycles. The zero-order valence-corrected chi connectivity index (χ0v) is 9.71. The Morgan fingerprint density at radius 1 is 1.00 bits per heavy atom. The largest absolute Gasteiger partial charge is 0.503 e. The van der Waals surface area contributed by atoms with Crippen LogP contribution in [-0.2, 0) is 13.3 Å². The summed E-state index contributed by atoms with van der Waals surface area (Å²) in [5.41, 5.74) is 0.484. The molecule has 0 amide bonds. The molecule has 4 heteroatoms. The second-order valence-electron chi connectivity index (χ2n) is 3.36. The van der Waals surface area contributed by atoms with Gasteiger partial charge in [0.15, 0.2) is 0 Å². The maximum atomic E-state index is 5.46. The van der Waals surface area contributed by atoms with Crippen LogP contribution in [-0.4, -0.2) is 30.1 Å². The molecule has 0 aromatic rings. The second-order valence-corrected chi connectivity index (χ2v) is 6.60. The third kappa shape index (κ3) is 2.31. The fourth-order valence-corrected chi connectivity index (χ4v) is 4.57. The Bertz CT molecular complexity index is 134. The minimum Gasteiger partial charge on any atom is -0.377 e. The molecular weight excluding hydrogens is 184 g/mol. The van der Waals surface area contributed by atoms with Crippen LogP contribution in [0.3, 0.4) is 0 Å². The highest BCUT2D eigenvalue weighted by molar-refractivity contribution is 6.62. The van der Waals surface area contributed by atoms with Crippen LogP contribution in [0.4, 0.5) is 0 Å². The maximum absolute atomic E-state index is 5.46. The van der Waals surface area contributed by atoms with E-state index in [4.69, 9.17) is 13.3 Å². The fourth-order valence-electron chi connectivity index (χ4n) is 2.03. The molecule has 0 saturated heterocycles. The number of rotatable bonds is 4. The quantitative estimate of drug-likeness (QED) is 0.654. The molecule has 0 atom stereocenters. The lowest BCUT2D eigenvalue weighted by atomic mass is 10.0. The maximum Gasteiger partial charge on any atom is 0.503 e. The zero-order chi connectivity index (χ0) is 9.73. The highest BCUT2D eigenvalue weighted by Gasteiger charge is 2.47. The summed E-state index contributed by atoms with van der Waals surface area (Å²) >= 11 is 0. The van der Waals surface area contributed by atoms with Crippen LogP contribution >= 0.6 is 0 Å². The molecule has 0 aromatic heterocycles. The first-order valence-electron chi connectivity index (χ1n) is 4.76. The Morgan fingerprint density at radius 2 is 1.46 bits per heavy atom. The van der Waals surface area contributed by atoms with Gasteiger partial charge in [0.1, 0.15) is 0 Å². The Morgan fingerprint density at radius 3 is 1.85 bits per heavy atom. The highest BCUT2D eigenvalue weighted by atomic mass is 28.4. The summed E-state index contributed by atoms with van der Waals surface area (Å²) in [4.78, 5) is 0. The number of hydrogen-bond acceptors (Lipinski definition) is 3. The van der Waals surface area contributed by atoms with Crippen molar-refractivity contribution in [2.24, 2.45) is 0 Å². The van der Waals surface area contributed by atoms with Crippen molar-refractivity contribution in [2.75, 3.05) is 21.3 Å². The minimum absolute atomic E-state index is 0.484. The summed E-state index contributed by atoms with van der Waals surface area (Å²) in [6.45, 7) is 0. The highest BCUT2D eigenvalue weighted by Crippen LogP contribution is 2.37. The normalized spacial score (nSPS) is 20.5. The molecule has 1 rings (SSSR count). The molecule has 1 aliphatic rings. The number of hydrogen-bond donors (Lipinski definition) is 0. The molecule has 0 spiro atoms. The van der Waals surface area contributed by atoms with E-state index in [0.29, 0.717) is 5.54 Å². The van der Waals surface area contributed by atoms with Gasteiger partial charge in [-0.2, -0.15) is 0 Å². The van der Waals surface area contributed by atoms with Crippen LogP contribution in [0.1, 0.15) is 25.7 Å². The Balaban J connectivity index is 2.60. The lowest BCUT2D eigenvalue weighted by Crippen LogP contribution is -2.48. The molecule has 1 aliphatic carbocycles. The van der Waals surface area contributed by atoms with Crippen LogP contribution in [0.25, 0.3) is 0 Å². The van der Waals surface area contributed by atoms with E-state index in [9.17, 15) is 0 Å². The zero-order valence-electron chi connectivity index (χ0n) is 8.71. The predicted octanol–water partition coefficient (Wildman–Crippen LogP) is 2.01. The van der Waals surface area contributed by atoms with Gasteiger partial charge in [-0.05, 0) is 32.1 Å². The van der Waals surface area contributed by atoms with E-state index in [-0.39, 0.29) is 0 Å². The molecule has 0 aliphatic heterocycles. The van der Waals surface area contributed by atoms with Gasteiger partial charge in [0, 0.05) is 26.9 Å². The monoisotopic (exact) mass is 203 g/mol. The molecule has 1 fully saturated rings. The van der Waals surface area contributed by atoms with Crippen molar-refractivity contribution >= 4 is 8.80 Å². The van der Waals surface area contributed by atoms with Crippen LogP contribution < -0.4 is 0 Å². The van der Waals surface area contributed by atoms with Gasteiger partial charge in [0.25, 0.3) is 0 Å². The van der Waals surface area contributed by atoms with Crippen molar-refractivity contribution in [3.63, 3.8) is 0 Å². The summed E-state index contributed by atoms with van der Waals surface area (Å²) in [7, 11) is 2.74. The fraction of sp³-hybridized carbons (Fsp3) is 0.889. The van der Waals surface area contributed by atoms with Crippen molar-refractivity contribution in [1.29, 1.82) is 0 Å². The van der Waals surface area contributed by atoms with Crippen LogP contribution in [0.5, 0.6) is 0 Å². The molecule has 3 nitrogen and oxygen atoms in total. The van der Waals surface area contributed by atoms with Gasteiger partial charge in [-0.1, -0.05) is 0 Å². The first kappa shape index (κ1) is 11.2. The minimum atomic E-state index is -2.34. The molecule has 0 N–H and O–H groups in total. The molecule has 0 aromatic carbocycles. The van der Waals surface area contributed by atoms with E-state index in [0.717, 1.165) is 25.7 Å². The van der Waals surface area contributed by atoms with Gasteiger partial charge >= 0.3 is 8.80 Å². The van der Waals surface area contributed by atoms with E-state index in [1.54, 1.807) is 21.3 Å². The summed E-state index contributed by atoms with van der Waals surface area (Å²) in [6, 6.07) is 0. The summed E-state index contributed by atoms with van der Waals surface area (Å²) in [6.07, 6.45) is 6.94. The summed E-state index contributed by atoms with van der Waals surface area (Å²) in [5.74, 6) is 0.